The molecule has 0 bridgehead atoms. The third-order valence-electron chi connectivity index (χ3n) is 2.98. The predicted octanol–water partition coefficient (Wildman–Crippen LogP) is 2.74. The van der Waals surface area contributed by atoms with Crippen molar-refractivity contribution >= 4 is 11.5 Å². The predicted molar refractivity (Wildman–Crippen MR) is 78.1 cm³/mol. The number of aromatic nitrogens is 2. The molecule has 0 fully saturated rings. The molecule has 0 atom stereocenters. The molecular weight excluding hydrogens is 260 g/mol. The third kappa shape index (κ3) is 4.48. The monoisotopic (exact) mass is 284 g/mol. The van der Waals surface area contributed by atoms with E-state index < -0.39 is 0 Å². The molecule has 0 aliphatic heterocycles. The maximum atomic E-state index is 11.1. The van der Waals surface area contributed by atoms with Gasteiger partial charge >= 0.3 is 5.69 Å². The van der Waals surface area contributed by atoms with Crippen LogP contribution in [0.5, 0.6) is 0 Å². The molecule has 0 aliphatic carbocycles. The third-order valence-corrected chi connectivity index (χ3v) is 2.98. The molecule has 1 rings (SSSR count). The molecule has 1 heterocycles. The molecule has 0 unspecified atom stereocenters. The van der Waals surface area contributed by atoms with Crippen molar-refractivity contribution in [3.63, 3.8) is 0 Å². The summed E-state index contributed by atoms with van der Waals surface area (Å²) in [6.07, 6.45) is 3.01. The second-order valence-electron chi connectivity index (χ2n) is 4.60. The maximum absolute atomic E-state index is 11.1. The lowest BCUT2D eigenvalue weighted by Gasteiger charge is -2.08. The van der Waals surface area contributed by atoms with Gasteiger partial charge in [0.1, 0.15) is 5.69 Å². The van der Waals surface area contributed by atoms with Crippen LogP contribution in [0.15, 0.2) is 0 Å². The van der Waals surface area contributed by atoms with Crippen molar-refractivity contribution in [2.24, 2.45) is 0 Å². The Kier molecular flexibility index (Phi) is 7.00. The standard InChI is InChI=1S/C13H24N4O3/c1-4-6-9-20-10-7-8-14-13-12(17(18)19)11(3)15-16(13)5-2/h14H,4-10H2,1-3H3. The minimum atomic E-state index is -0.380. The molecular formula is C13H24N4O3. The highest BCUT2D eigenvalue weighted by molar-refractivity contribution is 5.59. The molecule has 0 saturated carbocycles. The summed E-state index contributed by atoms with van der Waals surface area (Å²) in [5, 5.41) is 18.3. The number of rotatable bonds is 10. The summed E-state index contributed by atoms with van der Waals surface area (Å²) >= 11 is 0. The zero-order valence-electron chi connectivity index (χ0n) is 12.5. The highest BCUT2D eigenvalue weighted by Gasteiger charge is 2.24. The molecule has 0 radical (unpaired) electrons. The summed E-state index contributed by atoms with van der Waals surface area (Å²) in [6.45, 7) is 8.38. The van der Waals surface area contributed by atoms with E-state index in [-0.39, 0.29) is 10.6 Å². The Morgan fingerprint density at radius 3 is 2.65 bits per heavy atom. The van der Waals surface area contributed by atoms with Gasteiger partial charge in [-0.2, -0.15) is 5.10 Å². The molecule has 7 heteroatoms. The second-order valence-corrected chi connectivity index (χ2v) is 4.60. The summed E-state index contributed by atoms with van der Waals surface area (Å²) in [5.41, 5.74) is 0.511. The first-order valence-corrected chi connectivity index (χ1v) is 7.15. The number of hydrogen-bond donors (Lipinski definition) is 1. The summed E-state index contributed by atoms with van der Waals surface area (Å²) in [5.74, 6) is 0.489. The Balaban J connectivity index is 2.48. The minimum absolute atomic E-state index is 0.0683. The lowest BCUT2D eigenvalue weighted by Crippen LogP contribution is -2.11. The van der Waals surface area contributed by atoms with Gasteiger partial charge in [0.25, 0.3) is 0 Å². The molecule has 0 amide bonds. The van der Waals surface area contributed by atoms with Gasteiger partial charge in [0.15, 0.2) is 0 Å². The fourth-order valence-electron chi connectivity index (χ4n) is 1.92. The van der Waals surface area contributed by atoms with E-state index >= 15 is 0 Å². The number of unbranched alkanes of at least 4 members (excludes halogenated alkanes) is 1. The van der Waals surface area contributed by atoms with Gasteiger partial charge in [-0.15, -0.1) is 0 Å². The van der Waals surface area contributed by atoms with E-state index in [4.69, 9.17) is 4.74 Å². The Labute approximate surface area is 119 Å². The van der Waals surface area contributed by atoms with Crippen molar-refractivity contribution in [1.29, 1.82) is 0 Å². The Morgan fingerprint density at radius 2 is 2.05 bits per heavy atom. The summed E-state index contributed by atoms with van der Waals surface area (Å²) in [4.78, 5) is 10.7. The average molecular weight is 284 g/mol. The molecule has 0 aromatic carbocycles. The molecule has 7 nitrogen and oxygen atoms in total. The number of nitro groups is 1. The lowest BCUT2D eigenvalue weighted by atomic mass is 10.3. The van der Waals surface area contributed by atoms with Gasteiger partial charge in [-0.1, -0.05) is 13.3 Å². The number of anilines is 1. The van der Waals surface area contributed by atoms with Gasteiger partial charge in [0.05, 0.1) is 4.92 Å². The zero-order valence-corrected chi connectivity index (χ0v) is 12.5. The van der Waals surface area contributed by atoms with Crippen LogP contribution in [0.4, 0.5) is 11.5 Å². The SMILES string of the molecule is CCCCOCCCNc1c([N+](=O)[O-])c(C)nn1CC. The molecule has 1 N–H and O–H groups in total. The van der Waals surface area contributed by atoms with E-state index in [1.54, 1.807) is 11.6 Å². The van der Waals surface area contributed by atoms with Gasteiger partial charge in [0, 0.05) is 26.3 Å². The van der Waals surface area contributed by atoms with Crippen LogP contribution in [0.1, 0.15) is 38.8 Å². The number of hydrogen-bond acceptors (Lipinski definition) is 5. The smallest absolute Gasteiger partial charge is 0.333 e. The zero-order chi connectivity index (χ0) is 15.0. The topological polar surface area (TPSA) is 82.2 Å². The second kappa shape index (κ2) is 8.52. The van der Waals surface area contributed by atoms with E-state index in [1.165, 1.54) is 0 Å². The van der Waals surface area contributed by atoms with Crippen molar-refractivity contribution in [2.75, 3.05) is 25.1 Å². The first kappa shape index (κ1) is 16.4. The van der Waals surface area contributed by atoms with Crippen LogP contribution in [0.25, 0.3) is 0 Å². The van der Waals surface area contributed by atoms with Gasteiger partial charge < -0.3 is 10.1 Å². The van der Waals surface area contributed by atoms with Crippen LogP contribution in [0.3, 0.4) is 0 Å². The van der Waals surface area contributed by atoms with Crippen molar-refractivity contribution in [2.45, 2.75) is 46.6 Å². The van der Waals surface area contributed by atoms with Gasteiger partial charge in [-0.3, -0.25) is 10.1 Å². The van der Waals surface area contributed by atoms with Crippen LogP contribution >= 0.6 is 0 Å². The molecule has 114 valence electrons. The summed E-state index contributed by atoms with van der Waals surface area (Å²) in [6, 6.07) is 0. The van der Waals surface area contributed by atoms with Gasteiger partial charge in [-0.05, 0) is 26.7 Å². The Bertz CT molecular complexity index is 431. The number of ether oxygens (including phenoxy) is 1. The quantitative estimate of drug-likeness (QED) is 0.406. The van der Waals surface area contributed by atoms with E-state index in [1.807, 2.05) is 6.92 Å². The molecule has 20 heavy (non-hydrogen) atoms. The van der Waals surface area contributed by atoms with Crippen molar-refractivity contribution in [1.82, 2.24) is 9.78 Å². The largest absolute Gasteiger partial charge is 0.381 e. The number of nitrogens with zero attached hydrogens (tertiary/aromatic N) is 3. The minimum Gasteiger partial charge on any atom is -0.381 e. The van der Waals surface area contributed by atoms with Gasteiger partial charge in [0.2, 0.25) is 5.82 Å². The highest BCUT2D eigenvalue weighted by Crippen LogP contribution is 2.27. The Morgan fingerprint density at radius 1 is 1.35 bits per heavy atom. The van der Waals surface area contributed by atoms with E-state index in [9.17, 15) is 10.1 Å². The van der Waals surface area contributed by atoms with E-state index in [0.717, 1.165) is 25.9 Å². The summed E-state index contributed by atoms with van der Waals surface area (Å²) < 4.78 is 7.09. The van der Waals surface area contributed by atoms with E-state index in [2.05, 4.69) is 17.3 Å². The van der Waals surface area contributed by atoms with Crippen LogP contribution in [-0.2, 0) is 11.3 Å². The van der Waals surface area contributed by atoms with Crippen LogP contribution in [-0.4, -0.2) is 34.5 Å². The Hall–Kier alpha value is -1.63. The number of aryl methyl sites for hydroxylation is 2. The first-order chi connectivity index (χ1) is 9.61. The lowest BCUT2D eigenvalue weighted by molar-refractivity contribution is -0.384. The van der Waals surface area contributed by atoms with E-state index in [0.29, 0.717) is 31.2 Å². The molecule has 0 aliphatic rings. The van der Waals surface area contributed by atoms with Crippen LogP contribution in [0, 0.1) is 17.0 Å². The van der Waals surface area contributed by atoms with Crippen molar-refractivity contribution in [3.05, 3.63) is 15.8 Å². The molecule has 0 spiro atoms. The molecule has 0 saturated heterocycles. The fraction of sp³-hybridized carbons (Fsp3) is 0.769. The maximum Gasteiger partial charge on any atom is 0.333 e. The summed E-state index contributed by atoms with van der Waals surface area (Å²) in [7, 11) is 0. The first-order valence-electron chi connectivity index (χ1n) is 7.15. The van der Waals surface area contributed by atoms with Crippen molar-refractivity contribution < 1.29 is 9.66 Å². The highest BCUT2D eigenvalue weighted by atomic mass is 16.6. The van der Waals surface area contributed by atoms with Crippen molar-refractivity contribution in [3.8, 4) is 0 Å². The van der Waals surface area contributed by atoms with Crippen LogP contribution < -0.4 is 5.32 Å². The fourth-order valence-corrected chi connectivity index (χ4v) is 1.92. The van der Waals surface area contributed by atoms with Gasteiger partial charge in [-0.25, -0.2) is 4.68 Å². The molecule has 1 aromatic rings. The normalized spacial score (nSPS) is 10.8. The number of nitrogens with one attached hydrogen (secondary N) is 1. The van der Waals surface area contributed by atoms with Crippen LogP contribution in [0.2, 0.25) is 0 Å². The molecule has 1 aromatic heterocycles. The average Bonchev–Trinajstić information content (AvgIpc) is 2.74.